The van der Waals surface area contributed by atoms with Crippen molar-refractivity contribution in [1.29, 1.82) is 0 Å². The van der Waals surface area contributed by atoms with Gasteiger partial charge in [0.15, 0.2) is 0 Å². The van der Waals surface area contributed by atoms with Gasteiger partial charge in [-0.05, 0) is 24.6 Å². The number of aliphatic hydroxyl groups excluding tert-OH is 1. The van der Waals surface area contributed by atoms with E-state index in [9.17, 15) is 0 Å². The summed E-state index contributed by atoms with van der Waals surface area (Å²) in [7, 11) is 1.95. The van der Waals surface area contributed by atoms with Crippen molar-refractivity contribution in [3.63, 3.8) is 0 Å². The Morgan fingerprint density at radius 3 is 2.87 bits per heavy atom. The topological polar surface area (TPSA) is 38.0 Å². The van der Waals surface area contributed by atoms with Crippen molar-refractivity contribution >= 4 is 10.9 Å². The molecule has 0 aliphatic carbocycles. The monoisotopic (exact) mass is 204 g/mol. The van der Waals surface area contributed by atoms with Crippen LogP contribution in [0.5, 0.6) is 0 Å². The summed E-state index contributed by atoms with van der Waals surface area (Å²) in [6, 6.07) is 6.25. The zero-order valence-electron chi connectivity index (χ0n) is 9.36. The highest BCUT2D eigenvalue weighted by atomic mass is 16.3. The molecule has 1 heterocycles. The number of benzene rings is 1. The molecule has 3 heteroatoms. The van der Waals surface area contributed by atoms with Crippen LogP contribution in [0.1, 0.15) is 24.1 Å². The van der Waals surface area contributed by atoms with Gasteiger partial charge in [0, 0.05) is 25.0 Å². The SMILES string of the molecule is Cc1nn(C)c2ccc(C(C)CO)cc12. The van der Waals surface area contributed by atoms with Gasteiger partial charge in [0.05, 0.1) is 11.2 Å². The third-order valence-corrected chi connectivity index (χ3v) is 2.90. The Balaban J connectivity index is 2.60. The predicted octanol–water partition coefficient (Wildman–Crippen LogP) is 1.98. The van der Waals surface area contributed by atoms with Gasteiger partial charge in [-0.2, -0.15) is 5.10 Å². The molecule has 1 N–H and O–H groups in total. The lowest BCUT2D eigenvalue weighted by molar-refractivity contribution is 0.273. The van der Waals surface area contributed by atoms with Crippen LogP contribution < -0.4 is 0 Å². The molecular formula is C12H16N2O. The van der Waals surface area contributed by atoms with Gasteiger partial charge in [0.25, 0.3) is 0 Å². The maximum absolute atomic E-state index is 9.11. The van der Waals surface area contributed by atoms with Gasteiger partial charge in [-0.15, -0.1) is 0 Å². The molecule has 0 saturated carbocycles. The molecule has 3 nitrogen and oxygen atoms in total. The second kappa shape index (κ2) is 3.66. The molecule has 0 bridgehead atoms. The van der Waals surface area contributed by atoms with Crippen LogP contribution in [-0.2, 0) is 7.05 Å². The molecule has 0 fully saturated rings. The van der Waals surface area contributed by atoms with E-state index >= 15 is 0 Å². The quantitative estimate of drug-likeness (QED) is 0.812. The van der Waals surface area contributed by atoms with Crippen LogP contribution in [-0.4, -0.2) is 21.5 Å². The summed E-state index contributed by atoms with van der Waals surface area (Å²) < 4.78 is 1.89. The standard InChI is InChI=1S/C12H16N2O/c1-8(7-15)10-4-5-12-11(6-10)9(2)13-14(12)3/h4-6,8,15H,7H2,1-3H3. The third-order valence-electron chi connectivity index (χ3n) is 2.90. The first-order valence-electron chi connectivity index (χ1n) is 5.17. The molecule has 0 radical (unpaired) electrons. The first-order valence-corrected chi connectivity index (χ1v) is 5.17. The van der Waals surface area contributed by atoms with Crippen LogP contribution in [0.4, 0.5) is 0 Å². The highest BCUT2D eigenvalue weighted by Gasteiger charge is 2.08. The lowest BCUT2D eigenvalue weighted by Gasteiger charge is -2.08. The fraction of sp³-hybridized carbons (Fsp3) is 0.417. The molecule has 0 aliphatic rings. The maximum Gasteiger partial charge on any atom is 0.0682 e. The Bertz CT molecular complexity index is 488. The lowest BCUT2D eigenvalue weighted by atomic mass is 10.00. The first-order chi connectivity index (χ1) is 7.13. The largest absolute Gasteiger partial charge is 0.396 e. The Morgan fingerprint density at radius 2 is 2.20 bits per heavy atom. The zero-order chi connectivity index (χ0) is 11.0. The van der Waals surface area contributed by atoms with Crippen LogP contribution in [0, 0.1) is 6.92 Å². The summed E-state index contributed by atoms with van der Waals surface area (Å²) in [5.41, 5.74) is 3.35. The first kappa shape index (κ1) is 10.2. The van der Waals surface area contributed by atoms with Gasteiger partial charge in [0.1, 0.15) is 0 Å². The second-order valence-corrected chi connectivity index (χ2v) is 4.07. The minimum Gasteiger partial charge on any atom is -0.396 e. The van der Waals surface area contributed by atoms with Crippen molar-refractivity contribution in [3.05, 3.63) is 29.5 Å². The Kier molecular flexibility index (Phi) is 2.49. The average Bonchev–Trinajstić information content (AvgIpc) is 2.53. The Labute approximate surface area is 89.3 Å². The number of aromatic nitrogens is 2. The van der Waals surface area contributed by atoms with Crippen molar-refractivity contribution in [3.8, 4) is 0 Å². The highest BCUT2D eigenvalue weighted by molar-refractivity contribution is 5.82. The molecule has 1 atom stereocenters. The number of aliphatic hydroxyl groups is 1. The highest BCUT2D eigenvalue weighted by Crippen LogP contribution is 2.23. The summed E-state index contributed by atoms with van der Waals surface area (Å²) in [6.07, 6.45) is 0. The molecule has 1 unspecified atom stereocenters. The van der Waals surface area contributed by atoms with E-state index in [4.69, 9.17) is 5.11 Å². The van der Waals surface area contributed by atoms with E-state index in [1.54, 1.807) is 0 Å². The second-order valence-electron chi connectivity index (χ2n) is 4.07. The van der Waals surface area contributed by atoms with Gasteiger partial charge in [-0.1, -0.05) is 13.0 Å². The van der Waals surface area contributed by atoms with Crippen LogP contribution in [0.15, 0.2) is 18.2 Å². The van der Waals surface area contributed by atoms with Gasteiger partial charge in [-0.25, -0.2) is 0 Å². The summed E-state index contributed by atoms with van der Waals surface area (Å²) in [5.74, 6) is 0.189. The molecular weight excluding hydrogens is 188 g/mol. The minimum absolute atomic E-state index is 0.185. The summed E-state index contributed by atoms with van der Waals surface area (Å²) >= 11 is 0. The normalized spacial score (nSPS) is 13.3. The van der Waals surface area contributed by atoms with Crippen LogP contribution in [0.2, 0.25) is 0 Å². The van der Waals surface area contributed by atoms with E-state index in [-0.39, 0.29) is 12.5 Å². The van der Waals surface area contributed by atoms with E-state index in [0.29, 0.717) is 0 Å². The van der Waals surface area contributed by atoms with Crippen LogP contribution in [0.25, 0.3) is 10.9 Å². The van der Waals surface area contributed by atoms with E-state index < -0.39 is 0 Å². The molecule has 0 aliphatic heterocycles. The number of aryl methyl sites for hydroxylation is 2. The number of fused-ring (bicyclic) bond motifs is 1. The number of rotatable bonds is 2. The molecule has 0 saturated heterocycles. The molecule has 80 valence electrons. The van der Waals surface area contributed by atoms with Gasteiger partial charge < -0.3 is 5.11 Å². The van der Waals surface area contributed by atoms with E-state index in [0.717, 1.165) is 11.2 Å². The average molecular weight is 204 g/mol. The van der Waals surface area contributed by atoms with Crippen molar-refractivity contribution in [2.45, 2.75) is 19.8 Å². The van der Waals surface area contributed by atoms with Gasteiger partial charge in [0.2, 0.25) is 0 Å². The minimum atomic E-state index is 0.185. The van der Waals surface area contributed by atoms with Gasteiger partial charge >= 0.3 is 0 Å². The predicted molar refractivity (Wildman–Crippen MR) is 61.0 cm³/mol. The summed E-state index contributed by atoms with van der Waals surface area (Å²) in [6.45, 7) is 4.22. The van der Waals surface area contributed by atoms with Crippen LogP contribution >= 0.6 is 0 Å². The van der Waals surface area contributed by atoms with E-state index in [1.807, 2.05) is 25.6 Å². The van der Waals surface area contributed by atoms with Crippen molar-refractivity contribution in [1.82, 2.24) is 9.78 Å². The zero-order valence-corrected chi connectivity index (χ0v) is 9.36. The molecule has 0 amide bonds. The van der Waals surface area contributed by atoms with Crippen molar-refractivity contribution in [2.24, 2.45) is 7.05 Å². The third kappa shape index (κ3) is 1.63. The molecule has 0 spiro atoms. The van der Waals surface area contributed by atoms with Crippen LogP contribution in [0.3, 0.4) is 0 Å². The fourth-order valence-electron chi connectivity index (χ4n) is 1.87. The molecule has 2 rings (SSSR count). The maximum atomic E-state index is 9.11. The number of hydrogen-bond acceptors (Lipinski definition) is 2. The molecule has 1 aromatic carbocycles. The Morgan fingerprint density at radius 1 is 1.47 bits per heavy atom. The molecule has 15 heavy (non-hydrogen) atoms. The van der Waals surface area contributed by atoms with E-state index in [2.05, 4.69) is 23.3 Å². The lowest BCUT2D eigenvalue weighted by Crippen LogP contribution is -1.98. The van der Waals surface area contributed by atoms with Gasteiger partial charge in [-0.3, -0.25) is 4.68 Å². The number of hydrogen-bond donors (Lipinski definition) is 1. The summed E-state index contributed by atoms with van der Waals surface area (Å²) in [4.78, 5) is 0. The smallest absolute Gasteiger partial charge is 0.0682 e. The fourth-order valence-corrected chi connectivity index (χ4v) is 1.87. The Hall–Kier alpha value is -1.35. The molecule has 2 aromatic rings. The van der Waals surface area contributed by atoms with Crippen molar-refractivity contribution in [2.75, 3.05) is 6.61 Å². The molecule has 1 aromatic heterocycles. The van der Waals surface area contributed by atoms with Crippen molar-refractivity contribution < 1.29 is 5.11 Å². The van der Waals surface area contributed by atoms with E-state index in [1.165, 1.54) is 10.9 Å². The number of nitrogens with zero attached hydrogens (tertiary/aromatic N) is 2. The summed E-state index contributed by atoms with van der Waals surface area (Å²) in [5, 5.41) is 14.7.